The lowest BCUT2D eigenvalue weighted by Crippen LogP contribution is -2.43. The van der Waals surface area contributed by atoms with Gasteiger partial charge in [0.05, 0.1) is 6.54 Å². The number of carbonyl (C=O) groups excluding carboxylic acids is 1. The molecule has 116 valence electrons. The zero-order valence-electron chi connectivity index (χ0n) is 13.2. The molecule has 0 atom stereocenters. The molecule has 21 heavy (non-hydrogen) atoms. The quantitative estimate of drug-likeness (QED) is 0.860. The maximum Gasteiger partial charge on any atom is 0.234 e. The minimum atomic E-state index is -0.0444. The fraction of sp³-hybridized carbons (Fsp3) is 0.588. The van der Waals surface area contributed by atoms with Gasteiger partial charge in [-0.25, -0.2) is 0 Å². The molecule has 0 saturated carbocycles. The van der Waals surface area contributed by atoms with E-state index in [-0.39, 0.29) is 11.3 Å². The monoisotopic (exact) mass is 289 g/mol. The predicted octanol–water partition coefficient (Wildman–Crippen LogP) is 1.38. The number of nitrogens with one attached hydrogen (secondary N) is 2. The average molecular weight is 289 g/mol. The van der Waals surface area contributed by atoms with Gasteiger partial charge in [0.15, 0.2) is 0 Å². The Labute approximate surface area is 127 Å². The van der Waals surface area contributed by atoms with Crippen molar-refractivity contribution in [1.29, 1.82) is 0 Å². The van der Waals surface area contributed by atoms with E-state index in [4.69, 9.17) is 0 Å². The highest BCUT2D eigenvalue weighted by Crippen LogP contribution is 2.21. The first-order chi connectivity index (χ1) is 10.1. The first kappa shape index (κ1) is 16.0. The van der Waals surface area contributed by atoms with E-state index in [1.807, 2.05) is 18.2 Å². The molecule has 0 unspecified atom stereocenters. The minimum Gasteiger partial charge on any atom is -0.354 e. The van der Waals surface area contributed by atoms with Crippen LogP contribution in [0.3, 0.4) is 0 Å². The lowest BCUT2D eigenvalue weighted by atomic mass is 9.84. The number of benzene rings is 1. The van der Waals surface area contributed by atoms with Gasteiger partial charge in [-0.1, -0.05) is 44.2 Å². The number of amides is 1. The first-order valence-corrected chi connectivity index (χ1v) is 7.83. The molecule has 4 heteroatoms. The number of carbonyl (C=O) groups is 1. The Bertz CT molecular complexity index is 437. The van der Waals surface area contributed by atoms with Crippen LogP contribution in [0.4, 0.5) is 0 Å². The van der Waals surface area contributed by atoms with Crippen LogP contribution in [0, 0.1) is 0 Å². The van der Waals surface area contributed by atoms with Crippen LogP contribution in [-0.2, 0) is 10.2 Å². The molecule has 0 bridgehead atoms. The lowest BCUT2D eigenvalue weighted by molar-refractivity contribution is -0.122. The average Bonchev–Trinajstić information content (AvgIpc) is 2.75. The Morgan fingerprint density at radius 3 is 2.76 bits per heavy atom. The summed E-state index contributed by atoms with van der Waals surface area (Å²) < 4.78 is 0. The van der Waals surface area contributed by atoms with E-state index >= 15 is 0 Å². The maximum atomic E-state index is 12.1. The van der Waals surface area contributed by atoms with Gasteiger partial charge in [0, 0.05) is 25.0 Å². The zero-order valence-corrected chi connectivity index (χ0v) is 13.2. The van der Waals surface area contributed by atoms with E-state index in [0.717, 1.165) is 32.6 Å². The van der Waals surface area contributed by atoms with Crippen molar-refractivity contribution < 1.29 is 4.79 Å². The van der Waals surface area contributed by atoms with Crippen molar-refractivity contribution >= 4 is 5.91 Å². The highest BCUT2D eigenvalue weighted by atomic mass is 16.2. The fourth-order valence-corrected chi connectivity index (χ4v) is 2.63. The molecule has 1 aromatic carbocycles. The van der Waals surface area contributed by atoms with Crippen molar-refractivity contribution in [3.8, 4) is 0 Å². The van der Waals surface area contributed by atoms with Crippen LogP contribution in [-0.4, -0.2) is 50.1 Å². The molecule has 2 N–H and O–H groups in total. The highest BCUT2D eigenvalue weighted by molar-refractivity contribution is 5.78. The number of nitrogens with zero attached hydrogens (tertiary/aromatic N) is 1. The molecule has 0 aliphatic carbocycles. The molecule has 1 amide bonds. The van der Waals surface area contributed by atoms with Crippen LogP contribution in [0.5, 0.6) is 0 Å². The summed E-state index contributed by atoms with van der Waals surface area (Å²) in [6.45, 7) is 9.49. The third-order valence-corrected chi connectivity index (χ3v) is 4.08. The van der Waals surface area contributed by atoms with E-state index in [2.05, 4.69) is 41.5 Å². The molecule has 0 radical (unpaired) electrons. The Kier molecular flexibility index (Phi) is 5.76. The van der Waals surface area contributed by atoms with Crippen LogP contribution < -0.4 is 10.6 Å². The molecule has 1 aliphatic rings. The van der Waals surface area contributed by atoms with E-state index in [1.165, 1.54) is 5.56 Å². The van der Waals surface area contributed by atoms with Gasteiger partial charge >= 0.3 is 0 Å². The SMILES string of the molecule is CC(C)(CNC(=O)CN1CCCNCC1)c1ccccc1. The highest BCUT2D eigenvalue weighted by Gasteiger charge is 2.21. The van der Waals surface area contributed by atoms with Crippen LogP contribution in [0.2, 0.25) is 0 Å². The van der Waals surface area contributed by atoms with Gasteiger partial charge in [-0.2, -0.15) is 0 Å². The standard InChI is InChI=1S/C17H27N3O/c1-17(2,15-7-4-3-5-8-15)14-19-16(21)13-20-11-6-9-18-10-12-20/h3-5,7-8,18H,6,9-14H2,1-2H3,(H,19,21). The molecule has 0 spiro atoms. The second-order valence-corrected chi connectivity index (χ2v) is 6.41. The van der Waals surface area contributed by atoms with Gasteiger partial charge in [-0.05, 0) is 25.1 Å². The Morgan fingerprint density at radius 1 is 1.24 bits per heavy atom. The number of hydrogen-bond donors (Lipinski definition) is 2. The van der Waals surface area contributed by atoms with Crippen molar-refractivity contribution in [2.75, 3.05) is 39.3 Å². The molecular weight excluding hydrogens is 262 g/mol. The normalized spacial score (nSPS) is 17.2. The smallest absolute Gasteiger partial charge is 0.234 e. The van der Waals surface area contributed by atoms with Gasteiger partial charge in [0.2, 0.25) is 5.91 Å². The summed E-state index contributed by atoms with van der Waals surface area (Å²) in [5.41, 5.74) is 1.21. The van der Waals surface area contributed by atoms with Crippen LogP contribution in [0.15, 0.2) is 30.3 Å². The lowest BCUT2D eigenvalue weighted by Gasteiger charge is -2.26. The molecule has 1 heterocycles. The molecule has 1 aliphatic heterocycles. The van der Waals surface area contributed by atoms with Gasteiger partial charge in [-0.3, -0.25) is 9.69 Å². The van der Waals surface area contributed by atoms with Gasteiger partial charge in [-0.15, -0.1) is 0 Å². The summed E-state index contributed by atoms with van der Waals surface area (Å²) in [4.78, 5) is 14.4. The number of rotatable bonds is 5. The Balaban J connectivity index is 1.80. The summed E-state index contributed by atoms with van der Waals surface area (Å²) in [6.07, 6.45) is 1.11. The summed E-state index contributed by atoms with van der Waals surface area (Å²) in [5, 5.41) is 6.44. The van der Waals surface area contributed by atoms with Crippen LogP contribution in [0.1, 0.15) is 25.8 Å². The molecule has 4 nitrogen and oxygen atoms in total. The van der Waals surface area contributed by atoms with Gasteiger partial charge in [0.1, 0.15) is 0 Å². The van der Waals surface area contributed by atoms with Crippen LogP contribution in [0.25, 0.3) is 0 Å². The minimum absolute atomic E-state index is 0.0444. The second kappa shape index (κ2) is 7.57. The van der Waals surface area contributed by atoms with Crippen molar-refractivity contribution in [2.45, 2.75) is 25.7 Å². The van der Waals surface area contributed by atoms with E-state index in [1.54, 1.807) is 0 Å². The molecule has 0 aromatic heterocycles. The Morgan fingerprint density at radius 2 is 2.00 bits per heavy atom. The van der Waals surface area contributed by atoms with Crippen molar-refractivity contribution in [2.24, 2.45) is 0 Å². The van der Waals surface area contributed by atoms with Gasteiger partial charge in [0.25, 0.3) is 0 Å². The first-order valence-electron chi connectivity index (χ1n) is 7.83. The topological polar surface area (TPSA) is 44.4 Å². The summed E-state index contributed by atoms with van der Waals surface area (Å²) in [6, 6.07) is 10.3. The molecule has 1 fully saturated rings. The third kappa shape index (κ3) is 5.14. The predicted molar refractivity (Wildman–Crippen MR) is 86.4 cm³/mol. The molecular formula is C17H27N3O. The largest absolute Gasteiger partial charge is 0.354 e. The summed E-state index contributed by atoms with van der Waals surface area (Å²) in [5.74, 6) is 0.126. The molecule has 2 rings (SSSR count). The number of hydrogen-bond acceptors (Lipinski definition) is 3. The molecule has 1 aromatic rings. The van der Waals surface area contributed by atoms with E-state index < -0.39 is 0 Å². The third-order valence-electron chi connectivity index (χ3n) is 4.08. The van der Waals surface area contributed by atoms with Crippen molar-refractivity contribution in [3.63, 3.8) is 0 Å². The summed E-state index contributed by atoms with van der Waals surface area (Å²) in [7, 11) is 0. The van der Waals surface area contributed by atoms with Gasteiger partial charge < -0.3 is 10.6 Å². The van der Waals surface area contributed by atoms with Crippen molar-refractivity contribution in [1.82, 2.24) is 15.5 Å². The molecule has 1 saturated heterocycles. The maximum absolute atomic E-state index is 12.1. The summed E-state index contributed by atoms with van der Waals surface area (Å²) >= 11 is 0. The van der Waals surface area contributed by atoms with E-state index in [0.29, 0.717) is 13.1 Å². The zero-order chi connectivity index (χ0) is 15.1. The van der Waals surface area contributed by atoms with E-state index in [9.17, 15) is 4.79 Å². The second-order valence-electron chi connectivity index (χ2n) is 6.41. The van der Waals surface area contributed by atoms with Crippen molar-refractivity contribution in [3.05, 3.63) is 35.9 Å². The fourth-order valence-electron chi connectivity index (χ4n) is 2.63. The Hall–Kier alpha value is -1.39. The van der Waals surface area contributed by atoms with Crippen LogP contribution >= 0.6 is 0 Å².